The fraction of sp³-hybridized carbons (Fsp3) is 0.0417. The first-order valence-corrected chi connectivity index (χ1v) is 20.1. The SMILES string of the molecule is Cc1cccc(C)c1N1C(=O)c2ccc3c4ccc5c6ccc7c8c(ccc(c9ccc(c%10ccc(c2c3%10)C1=O)c4c59)c86)C(=O)N(c1ccc(S(=O)(=O)O)cc1)C7=O. The highest BCUT2D eigenvalue weighted by Gasteiger charge is 2.38. The Morgan fingerprint density at radius 1 is 0.397 bits per heavy atom. The summed E-state index contributed by atoms with van der Waals surface area (Å²) in [4.78, 5) is 58.9. The van der Waals surface area contributed by atoms with Gasteiger partial charge in [-0.05, 0) is 138 Å². The zero-order valence-corrected chi connectivity index (χ0v) is 31.5. The zero-order valence-electron chi connectivity index (χ0n) is 30.7. The Morgan fingerprint density at radius 3 is 1.05 bits per heavy atom. The van der Waals surface area contributed by atoms with Crippen LogP contribution in [-0.4, -0.2) is 36.6 Å². The summed E-state index contributed by atoms with van der Waals surface area (Å²) in [5.41, 5.74) is 4.14. The molecular formula is C48H26N2O7S. The Bertz CT molecular complexity index is 3570. The van der Waals surface area contributed by atoms with Crippen LogP contribution in [0.3, 0.4) is 0 Å². The van der Waals surface area contributed by atoms with Crippen LogP contribution in [0.25, 0.3) is 75.4 Å². The predicted octanol–water partition coefficient (Wildman–Crippen LogP) is 10.1. The zero-order chi connectivity index (χ0) is 39.7. The number of hydrogen-bond acceptors (Lipinski definition) is 6. The number of fused-ring (bicyclic) bond motifs is 4. The van der Waals surface area contributed by atoms with Gasteiger partial charge in [0.15, 0.2) is 0 Å². The van der Waals surface area contributed by atoms with Crippen LogP contribution in [0.1, 0.15) is 52.6 Å². The van der Waals surface area contributed by atoms with Crippen molar-refractivity contribution in [2.24, 2.45) is 0 Å². The van der Waals surface area contributed by atoms with Gasteiger partial charge in [-0.15, -0.1) is 0 Å². The Labute approximate surface area is 328 Å². The van der Waals surface area contributed by atoms with E-state index in [1.807, 2.05) is 68.4 Å². The highest BCUT2D eigenvalue weighted by Crippen LogP contribution is 2.50. The van der Waals surface area contributed by atoms with E-state index in [1.54, 1.807) is 12.1 Å². The van der Waals surface area contributed by atoms with E-state index in [2.05, 4.69) is 24.3 Å². The van der Waals surface area contributed by atoms with E-state index in [0.29, 0.717) is 38.7 Å². The first kappa shape index (κ1) is 32.9. The molecule has 9 nitrogen and oxygen atoms in total. The fourth-order valence-electron chi connectivity index (χ4n) is 10.0. The molecule has 0 atom stereocenters. The maximum atomic E-state index is 14.3. The molecule has 58 heavy (non-hydrogen) atoms. The quantitative estimate of drug-likeness (QED) is 0.0819. The lowest BCUT2D eigenvalue weighted by Gasteiger charge is -2.30. The van der Waals surface area contributed by atoms with E-state index in [0.717, 1.165) is 92.8 Å². The fourth-order valence-corrected chi connectivity index (χ4v) is 10.5. The molecule has 0 saturated heterocycles. The number of para-hydroxylation sites is 1. The van der Waals surface area contributed by atoms with Crippen LogP contribution in [0.2, 0.25) is 0 Å². The van der Waals surface area contributed by atoms with Crippen molar-refractivity contribution in [2.75, 3.05) is 9.80 Å². The summed E-state index contributed by atoms with van der Waals surface area (Å²) < 4.78 is 32.8. The van der Waals surface area contributed by atoms with Crippen molar-refractivity contribution < 1.29 is 32.1 Å². The summed E-state index contributed by atoms with van der Waals surface area (Å²) in [6.07, 6.45) is 0. The smallest absolute Gasteiger partial charge is 0.282 e. The van der Waals surface area contributed by atoms with Gasteiger partial charge in [-0.1, -0.05) is 66.7 Å². The number of anilines is 2. The Morgan fingerprint density at radius 2 is 0.707 bits per heavy atom. The van der Waals surface area contributed by atoms with Crippen LogP contribution in [0.5, 0.6) is 0 Å². The summed E-state index contributed by atoms with van der Waals surface area (Å²) in [5.74, 6) is -1.77. The molecule has 1 N–H and O–H groups in total. The average Bonchev–Trinajstić information content (AvgIpc) is 3.21. The number of rotatable bonds is 3. The van der Waals surface area contributed by atoms with Crippen LogP contribution >= 0.6 is 0 Å². The molecule has 0 fully saturated rings. The third-order valence-electron chi connectivity index (χ3n) is 12.4. The van der Waals surface area contributed by atoms with Crippen LogP contribution in [0.15, 0.2) is 120 Å². The summed E-state index contributed by atoms with van der Waals surface area (Å²) in [6.45, 7) is 3.82. The van der Waals surface area contributed by atoms with E-state index in [9.17, 15) is 32.1 Å². The van der Waals surface area contributed by atoms with Gasteiger partial charge in [0.05, 0.1) is 16.3 Å². The maximum Gasteiger partial charge on any atom is 0.294 e. The number of imide groups is 2. The molecule has 276 valence electrons. The molecule has 12 rings (SSSR count). The van der Waals surface area contributed by atoms with Gasteiger partial charge in [-0.2, -0.15) is 8.42 Å². The lowest BCUT2D eigenvalue weighted by atomic mass is 9.80. The van der Waals surface area contributed by atoms with Gasteiger partial charge in [0, 0.05) is 33.0 Å². The van der Waals surface area contributed by atoms with Gasteiger partial charge in [-0.25, -0.2) is 9.80 Å². The molecule has 0 radical (unpaired) electrons. The highest BCUT2D eigenvalue weighted by molar-refractivity contribution is 7.85. The van der Waals surface area contributed by atoms with E-state index in [4.69, 9.17) is 0 Å². The van der Waals surface area contributed by atoms with Crippen LogP contribution in [0, 0.1) is 13.8 Å². The number of benzene rings is 10. The Balaban J connectivity index is 1.09. The molecule has 0 aromatic heterocycles. The number of carbonyl (C=O) groups is 4. The minimum atomic E-state index is -4.47. The monoisotopic (exact) mass is 774 g/mol. The molecule has 0 bridgehead atoms. The molecule has 2 heterocycles. The maximum absolute atomic E-state index is 14.3. The standard InChI is InChI=1S/C48H26N2O7S/c1-22-4-3-5-23(2)44(22)50-47(53)36-20-16-32-28-12-10-26-30-14-18-34-42-35(46(52)49(45(34)51)24-6-8-25(9-7-24)58(55,56)57)19-15-31(40(30)42)27-11-13-29(39(28)38(26)27)33-17-21-37(48(50)54)43(36)41(32)33/h3-21H,1-2H3,(H,55,56,57). The van der Waals surface area contributed by atoms with E-state index < -0.39 is 21.9 Å². The summed E-state index contributed by atoms with van der Waals surface area (Å²) >= 11 is 0. The topological polar surface area (TPSA) is 129 Å². The largest absolute Gasteiger partial charge is 0.294 e. The highest BCUT2D eigenvalue weighted by atomic mass is 32.2. The molecular weight excluding hydrogens is 749 g/mol. The minimum Gasteiger partial charge on any atom is -0.282 e. The first-order chi connectivity index (χ1) is 27.9. The van der Waals surface area contributed by atoms with Crippen molar-refractivity contribution in [1.82, 2.24) is 0 Å². The summed E-state index contributed by atoms with van der Waals surface area (Å²) in [5, 5.41) is 12.5. The van der Waals surface area contributed by atoms with E-state index >= 15 is 0 Å². The van der Waals surface area contributed by atoms with Gasteiger partial charge >= 0.3 is 0 Å². The van der Waals surface area contributed by atoms with Crippen molar-refractivity contribution in [3.63, 3.8) is 0 Å². The third kappa shape index (κ3) is 3.90. The predicted molar refractivity (Wildman–Crippen MR) is 226 cm³/mol. The van der Waals surface area contributed by atoms with Crippen molar-refractivity contribution in [3.05, 3.63) is 149 Å². The van der Waals surface area contributed by atoms with Gasteiger partial charge in [0.1, 0.15) is 0 Å². The molecule has 10 heteroatoms. The normalized spacial score (nSPS) is 14.7. The second-order valence-corrected chi connectivity index (χ2v) is 16.7. The van der Waals surface area contributed by atoms with Crippen LogP contribution in [-0.2, 0) is 10.1 Å². The van der Waals surface area contributed by atoms with Gasteiger partial charge in [0.2, 0.25) is 0 Å². The molecule has 2 aliphatic heterocycles. The number of carbonyl (C=O) groups excluding carboxylic acids is 4. The van der Waals surface area contributed by atoms with Crippen LogP contribution in [0.4, 0.5) is 11.4 Å². The molecule has 2 aliphatic rings. The van der Waals surface area contributed by atoms with Gasteiger partial charge < -0.3 is 0 Å². The molecule has 10 aromatic rings. The molecule has 0 spiro atoms. The van der Waals surface area contributed by atoms with E-state index in [-0.39, 0.29) is 22.4 Å². The Hall–Kier alpha value is -7.27. The van der Waals surface area contributed by atoms with Crippen molar-refractivity contribution in [2.45, 2.75) is 18.7 Å². The second-order valence-electron chi connectivity index (χ2n) is 15.3. The summed E-state index contributed by atoms with van der Waals surface area (Å²) in [6, 6.07) is 34.0. The molecule has 0 saturated carbocycles. The van der Waals surface area contributed by atoms with Gasteiger partial charge in [-0.3, -0.25) is 23.7 Å². The van der Waals surface area contributed by atoms with Crippen molar-refractivity contribution >= 4 is 121 Å². The van der Waals surface area contributed by atoms with Crippen molar-refractivity contribution in [1.29, 1.82) is 0 Å². The minimum absolute atomic E-state index is 0.180. The second kappa shape index (κ2) is 10.8. The average molecular weight is 775 g/mol. The number of aryl methyl sites for hydroxylation is 2. The number of hydrogen-bond donors (Lipinski definition) is 1. The number of amides is 4. The van der Waals surface area contributed by atoms with Crippen molar-refractivity contribution in [3.8, 4) is 0 Å². The Kier molecular flexibility index (Phi) is 6.11. The first-order valence-electron chi connectivity index (χ1n) is 18.7. The molecule has 0 unspecified atom stereocenters. The molecule has 4 amide bonds. The van der Waals surface area contributed by atoms with Crippen LogP contribution < -0.4 is 9.80 Å². The summed E-state index contributed by atoms with van der Waals surface area (Å²) in [7, 11) is -4.47. The lowest BCUT2D eigenvalue weighted by molar-refractivity contribution is 0.0877. The van der Waals surface area contributed by atoms with E-state index in [1.165, 1.54) is 17.0 Å². The third-order valence-corrected chi connectivity index (χ3v) is 13.3. The van der Waals surface area contributed by atoms with Gasteiger partial charge in [0.25, 0.3) is 33.7 Å². The number of nitrogens with zero attached hydrogens (tertiary/aromatic N) is 2. The molecule has 0 aliphatic carbocycles. The molecule has 10 aromatic carbocycles. The lowest BCUT2D eigenvalue weighted by Crippen LogP contribution is -2.41.